The minimum atomic E-state index is -0.272. The van der Waals surface area contributed by atoms with Crippen molar-refractivity contribution in [2.45, 2.75) is 59.9 Å². The fourth-order valence-corrected chi connectivity index (χ4v) is 5.12. The number of fused-ring (bicyclic) bond motifs is 1. The number of aromatic nitrogens is 1. The van der Waals surface area contributed by atoms with Gasteiger partial charge in [0, 0.05) is 41.0 Å². The number of hydrogen-bond acceptors (Lipinski definition) is 3. The molecule has 3 aromatic rings. The molecule has 1 fully saturated rings. The molecule has 1 aromatic heterocycles. The summed E-state index contributed by atoms with van der Waals surface area (Å²) in [6.07, 6.45) is 14.2. The van der Waals surface area contributed by atoms with Crippen LogP contribution in [-0.2, 0) is 6.54 Å². The standard InChI is InChI=1S/C33H37ClFN3/c1-6-9-10-25(19-36-22(4)33(5,8-3)27-13-14-27)24-12-16-31-28(18-24)32(29(34)21-37-31)38-20-26-17-23(7-2)11-15-30(26)35/h7,9-12,15-19,21,27H,2,6,8,13-14,20H2,1,3-5H3,(H,37,38)/b10-9-,25-19+,36-22?. The van der Waals surface area contributed by atoms with Crippen LogP contribution in [0.2, 0.25) is 5.02 Å². The van der Waals surface area contributed by atoms with Crippen LogP contribution in [0.1, 0.15) is 70.1 Å². The number of halogens is 2. The number of nitrogens with zero attached hydrogens (tertiary/aromatic N) is 2. The molecule has 1 N–H and O–H groups in total. The van der Waals surface area contributed by atoms with Crippen LogP contribution >= 0.6 is 11.6 Å². The van der Waals surface area contributed by atoms with Crippen molar-refractivity contribution in [2.24, 2.45) is 16.3 Å². The lowest BCUT2D eigenvalue weighted by Crippen LogP contribution is -2.27. The van der Waals surface area contributed by atoms with Crippen molar-refractivity contribution < 1.29 is 4.39 Å². The number of allylic oxidation sites excluding steroid dienone is 3. The highest BCUT2D eigenvalue weighted by Gasteiger charge is 2.42. The van der Waals surface area contributed by atoms with Crippen molar-refractivity contribution in [3.05, 3.63) is 95.1 Å². The van der Waals surface area contributed by atoms with Crippen molar-refractivity contribution in [3.8, 4) is 0 Å². The Morgan fingerprint density at radius 2 is 2.03 bits per heavy atom. The van der Waals surface area contributed by atoms with E-state index in [1.165, 1.54) is 24.6 Å². The van der Waals surface area contributed by atoms with Crippen molar-refractivity contribution in [3.63, 3.8) is 0 Å². The molecule has 0 bridgehead atoms. The molecule has 1 aliphatic carbocycles. The number of anilines is 1. The Bertz CT molecular complexity index is 1420. The van der Waals surface area contributed by atoms with E-state index in [9.17, 15) is 4.39 Å². The van der Waals surface area contributed by atoms with E-state index in [1.807, 2.05) is 12.3 Å². The summed E-state index contributed by atoms with van der Waals surface area (Å²) in [5.41, 5.74) is 6.33. The molecule has 2 aromatic carbocycles. The second-order valence-electron chi connectivity index (χ2n) is 10.3. The predicted molar refractivity (Wildman–Crippen MR) is 162 cm³/mol. The van der Waals surface area contributed by atoms with E-state index in [4.69, 9.17) is 16.6 Å². The first-order valence-corrected chi connectivity index (χ1v) is 13.8. The second-order valence-corrected chi connectivity index (χ2v) is 10.7. The fraction of sp³-hybridized carbons (Fsp3) is 0.333. The maximum Gasteiger partial charge on any atom is 0.128 e. The van der Waals surface area contributed by atoms with Crippen LogP contribution in [0.3, 0.4) is 0 Å². The molecule has 0 radical (unpaired) electrons. The molecule has 1 atom stereocenters. The first-order valence-electron chi connectivity index (χ1n) is 13.5. The molecular formula is C33H37ClFN3. The average molecular weight is 530 g/mol. The van der Waals surface area contributed by atoms with Crippen LogP contribution in [0, 0.1) is 17.2 Å². The average Bonchev–Trinajstić information content (AvgIpc) is 3.79. The molecule has 1 saturated carbocycles. The maximum atomic E-state index is 14.5. The van der Waals surface area contributed by atoms with Crippen LogP contribution < -0.4 is 5.32 Å². The van der Waals surface area contributed by atoms with Crippen molar-refractivity contribution in [2.75, 3.05) is 5.32 Å². The van der Waals surface area contributed by atoms with Gasteiger partial charge in [-0.15, -0.1) is 0 Å². The molecule has 4 rings (SSSR count). The summed E-state index contributed by atoms with van der Waals surface area (Å²) in [4.78, 5) is 9.50. The summed E-state index contributed by atoms with van der Waals surface area (Å²) < 4.78 is 14.5. The highest BCUT2D eigenvalue weighted by molar-refractivity contribution is 6.34. The Labute approximate surface area is 231 Å². The SMILES string of the molecule is C=Cc1ccc(F)c(CNc2c(Cl)cnc3ccc(C(/C=C\CC)=C/N=C(C)C(C)(CC)C4CC4)cc23)c1. The third kappa shape index (κ3) is 6.07. The summed E-state index contributed by atoms with van der Waals surface area (Å²) in [6, 6.07) is 11.1. The number of pyridine rings is 1. The highest BCUT2D eigenvalue weighted by atomic mass is 35.5. The van der Waals surface area contributed by atoms with Crippen LogP contribution in [0.15, 0.2) is 72.5 Å². The Morgan fingerprint density at radius 1 is 1.24 bits per heavy atom. The van der Waals surface area contributed by atoms with E-state index >= 15 is 0 Å². The van der Waals surface area contributed by atoms with Crippen LogP contribution in [0.4, 0.5) is 10.1 Å². The van der Waals surface area contributed by atoms with Crippen LogP contribution in [-0.4, -0.2) is 10.7 Å². The van der Waals surface area contributed by atoms with Gasteiger partial charge in [0.15, 0.2) is 0 Å². The minimum Gasteiger partial charge on any atom is -0.379 e. The monoisotopic (exact) mass is 529 g/mol. The lowest BCUT2D eigenvalue weighted by atomic mass is 9.78. The zero-order valence-corrected chi connectivity index (χ0v) is 23.6. The normalized spacial score (nSPS) is 16.2. The largest absolute Gasteiger partial charge is 0.379 e. The third-order valence-electron chi connectivity index (χ3n) is 7.89. The van der Waals surface area contributed by atoms with E-state index in [0.29, 0.717) is 10.6 Å². The number of aliphatic imine (C=N–C) groups is 1. The third-order valence-corrected chi connectivity index (χ3v) is 8.17. The Kier molecular flexibility index (Phi) is 8.83. The molecule has 0 aliphatic heterocycles. The first-order chi connectivity index (χ1) is 18.3. The number of benzene rings is 2. The topological polar surface area (TPSA) is 37.3 Å². The summed E-state index contributed by atoms with van der Waals surface area (Å²) >= 11 is 6.60. The Balaban J connectivity index is 1.72. The molecule has 0 amide bonds. The molecule has 38 heavy (non-hydrogen) atoms. The zero-order valence-electron chi connectivity index (χ0n) is 22.8. The van der Waals surface area contributed by atoms with E-state index in [1.54, 1.807) is 24.4 Å². The van der Waals surface area contributed by atoms with E-state index in [2.05, 4.69) is 68.9 Å². The molecule has 1 aliphatic rings. The summed E-state index contributed by atoms with van der Waals surface area (Å²) in [7, 11) is 0. The first kappa shape index (κ1) is 27.8. The van der Waals surface area contributed by atoms with Gasteiger partial charge < -0.3 is 5.32 Å². The molecular weight excluding hydrogens is 493 g/mol. The van der Waals surface area contributed by atoms with Gasteiger partial charge in [0.05, 0.1) is 16.2 Å². The molecule has 3 nitrogen and oxygen atoms in total. The summed E-state index contributed by atoms with van der Waals surface area (Å²) in [6.45, 7) is 13.0. The molecule has 0 saturated heterocycles. The number of rotatable bonds is 11. The molecule has 1 heterocycles. The van der Waals surface area contributed by atoms with Crippen LogP contribution in [0.25, 0.3) is 22.6 Å². The van der Waals surface area contributed by atoms with Crippen LogP contribution in [0.5, 0.6) is 0 Å². The van der Waals surface area contributed by atoms with Gasteiger partial charge in [-0.25, -0.2) is 4.39 Å². The molecule has 5 heteroatoms. The highest BCUT2D eigenvalue weighted by Crippen LogP contribution is 2.48. The fourth-order valence-electron chi connectivity index (χ4n) is 4.90. The number of nitrogens with one attached hydrogen (secondary N) is 1. The lowest BCUT2D eigenvalue weighted by Gasteiger charge is -2.28. The zero-order chi connectivity index (χ0) is 27.3. The Morgan fingerprint density at radius 3 is 2.71 bits per heavy atom. The minimum absolute atomic E-state index is 0.145. The molecule has 198 valence electrons. The van der Waals surface area contributed by atoms with Gasteiger partial charge in [-0.1, -0.05) is 69.3 Å². The van der Waals surface area contributed by atoms with Gasteiger partial charge in [-0.2, -0.15) is 0 Å². The van der Waals surface area contributed by atoms with Gasteiger partial charge in [-0.05, 0) is 79.5 Å². The van der Waals surface area contributed by atoms with E-state index in [-0.39, 0.29) is 17.8 Å². The summed E-state index contributed by atoms with van der Waals surface area (Å²) in [5.74, 6) is 0.463. The van der Waals surface area contributed by atoms with Gasteiger partial charge >= 0.3 is 0 Å². The molecule has 0 spiro atoms. The Hall–Kier alpha value is -3.24. The van der Waals surface area contributed by atoms with Gasteiger partial charge in [0.2, 0.25) is 0 Å². The van der Waals surface area contributed by atoms with E-state index in [0.717, 1.165) is 52.0 Å². The number of hydrogen-bond donors (Lipinski definition) is 1. The van der Waals surface area contributed by atoms with Gasteiger partial charge in [0.25, 0.3) is 0 Å². The van der Waals surface area contributed by atoms with Crippen molar-refractivity contribution >= 4 is 45.6 Å². The van der Waals surface area contributed by atoms with Gasteiger partial charge in [0.1, 0.15) is 5.82 Å². The van der Waals surface area contributed by atoms with Crippen molar-refractivity contribution in [1.82, 2.24) is 4.98 Å². The van der Waals surface area contributed by atoms with Gasteiger partial charge in [-0.3, -0.25) is 9.98 Å². The maximum absolute atomic E-state index is 14.5. The molecule has 1 unspecified atom stereocenters. The lowest BCUT2D eigenvalue weighted by molar-refractivity contribution is 0.385. The predicted octanol–water partition coefficient (Wildman–Crippen LogP) is 9.88. The van der Waals surface area contributed by atoms with E-state index < -0.39 is 0 Å². The second kappa shape index (κ2) is 12.1. The smallest absolute Gasteiger partial charge is 0.128 e. The quantitative estimate of drug-likeness (QED) is 0.198. The van der Waals surface area contributed by atoms with Crippen molar-refractivity contribution in [1.29, 1.82) is 0 Å². The summed E-state index contributed by atoms with van der Waals surface area (Å²) in [5, 5.41) is 4.73.